The summed E-state index contributed by atoms with van der Waals surface area (Å²) >= 11 is 0. The molecule has 0 radical (unpaired) electrons. The molecule has 2 aromatic carbocycles. The van der Waals surface area contributed by atoms with Crippen molar-refractivity contribution in [1.29, 1.82) is 0 Å². The fourth-order valence-corrected chi connectivity index (χ4v) is 3.37. The minimum Gasteiger partial charge on any atom is -0.349 e. The Balaban J connectivity index is 1.56. The molecule has 0 saturated heterocycles. The maximum atomic E-state index is 12.9. The fraction of sp³-hybridized carbons (Fsp3) is 0.182. The number of fused-ring (bicyclic) bond motifs is 1. The number of nitrogens with one attached hydrogen (secondary N) is 1. The second-order valence-electron chi connectivity index (χ2n) is 6.70. The highest BCUT2D eigenvalue weighted by atomic mass is 16.2. The highest BCUT2D eigenvalue weighted by Crippen LogP contribution is 2.32. The topological polar surface area (TPSA) is 48.5 Å². The number of urea groups is 1. The molecule has 0 saturated carbocycles. The maximum Gasteiger partial charge on any atom is 0.326 e. The first-order valence-electron chi connectivity index (χ1n) is 9.10. The second-order valence-corrected chi connectivity index (χ2v) is 6.70. The van der Waals surface area contributed by atoms with Crippen molar-refractivity contribution in [2.24, 2.45) is 0 Å². The van der Waals surface area contributed by atoms with E-state index in [1.807, 2.05) is 61.5 Å². The van der Waals surface area contributed by atoms with E-state index in [4.69, 9.17) is 0 Å². The van der Waals surface area contributed by atoms with Crippen molar-refractivity contribution in [2.45, 2.75) is 13.5 Å². The standard InChI is InChI=1S/C22H22N4O/c1-17-7-5-10-19(15-17)24-22(27)26-14-13-25(16-18-8-3-2-4-9-18)21-20(26)11-6-12-23-21/h2-12,15H,13-14,16H2,1H3,(H,24,27). The minimum absolute atomic E-state index is 0.130. The first-order valence-corrected chi connectivity index (χ1v) is 9.10. The van der Waals surface area contributed by atoms with E-state index in [-0.39, 0.29) is 6.03 Å². The van der Waals surface area contributed by atoms with Crippen LogP contribution in [0.3, 0.4) is 0 Å². The molecule has 27 heavy (non-hydrogen) atoms. The van der Waals surface area contributed by atoms with Crippen molar-refractivity contribution in [3.8, 4) is 0 Å². The van der Waals surface area contributed by atoms with Crippen LogP contribution in [0.5, 0.6) is 0 Å². The number of hydrogen-bond donors (Lipinski definition) is 1. The van der Waals surface area contributed by atoms with Gasteiger partial charge >= 0.3 is 6.03 Å². The van der Waals surface area contributed by atoms with Gasteiger partial charge in [0, 0.05) is 31.5 Å². The zero-order valence-electron chi connectivity index (χ0n) is 15.3. The third-order valence-electron chi connectivity index (χ3n) is 4.68. The summed E-state index contributed by atoms with van der Waals surface area (Å²) in [4.78, 5) is 21.4. The van der Waals surface area contributed by atoms with Gasteiger partial charge in [0.05, 0.1) is 5.69 Å². The Morgan fingerprint density at radius 1 is 1.04 bits per heavy atom. The summed E-state index contributed by atoms with van der Waals surface area (Å²) in [6, 6.07) is 21.8. The number of anilines is 3. The van der Waals surface area contributed by atoms with Crippen LogP contribution in [-0.2, 0) is 6.54 Å². The normalized spacial score (nSPS) is 13.2. The van der Waals surface area contributed by atoms with Crippen LogP contribution in [0, 0.1) is 6.92 Å². The van der Waals surface area contributed by atoms with Gasteiger partial charge in [-0.25, -0.2) is 9.78 Å². The fourth-order valence-electron chi connectivity index (χ4n) is 3.37. The van der Waals surface area contributed by atoms with E-state index in [0.29, 0.717) is 6.54 Å². The molecule has 0 bridgehead atoms. The molecule has 0 unspecified atom stereocenters. The highest BCUT2D eigenvalue weighted by Gasteiger charge is 2.27. The largest absolute Gasteiger partial charge is 0.349 e. The minimum atomic E-state index is -0.130. The molecular weight excluding hydrogens is 336 g/mol. The molecule has 4 rings (SSSR count). The van der Waals surface area contributed by atoms with Crippen LogP contribution >= 0.6 is 0 Å². The molecule has 0 fully saturated rings. The maximum absolute atomic E-state index is 12.9. The van der Waals surface area contributed by atoms with Gasteiger partial charge in [-0.15, -0.1) is 0 Å². The molecule has 0 aliphatic carbocycles. The van der Waals surface area contributed by atoms with Gasteiger partial charge in [0.2, 0.25) is 0 Å². The number of aryl methyl sites for hydroxylation is 1. The summed E-state index contributed by atoms with van der Waals surface area (Å²) in [5.74, 6) is 0.840. The Labute approximate surface area is 159 Å². The van der Waals surface area contributed by atoms with Crippen LogP contribution in [0.2, 0.25) is 0 Å². The molecule has 2 heterocycles. The molecule has 5 heteroatoms. The third-order valence-corrected chi connectivity index (χ3v) is 4.68. The van der Waals surface area contributed by atoms with Crippen LogP contribution in [-0.4, -0.2) is 24.1 Å². The molecule has 3 aromatic rings. The van der Waals surface area contributed by atoms with Crippen molar-refractivity contribution < 1.29 is 4.79 Å². The van der Waals surface area contributed by atoms with Crippen molar-refractivity contribution >= 4 is 23.2 Å². The number of amides is 2. The van der Waals surface area contributed by atoms with Gasteiger partial charge < -0.3 is 10.2 Å². The number of pyridine rings is 1. The molecule has 0 atom stereocenters. The van der Waals surface area contributed by atoms with E-state index in [1.54, 1.807) is 11.1 Å². The van der Waals surface area contributed by atoms with E-state index < -0.39 is 0 Å². The van der Waals surface area contributed by atoms with Crippen LogP contribution in [0.25, 0.3) is 0 Å². The van der Waals surface area contributed by atoms with Gasteiger partial charge in [-0.3, -0.25) is 4.90 Å². The third kappa shape index (κ3) is 3.77. The smallest absolute Gasteiger partial charge is 0.326 e. The molecule has 1 N–H and O–H groups in total. The average Bonchev–Trinajstić information content (AvgIpc) is 2.69. The lowest BCUT2D eigenvalue weighted by Gasteiger charge is -2.36. The van der Waals surface area contributed by atoms with Crippen LogP contribution in [0.15, 0.2) is 72.9 Å². The molecular formula is C22H22N4O. The zero-order valence-corrected chi connectivity index (χ0v) is 15.3. The molecule has 1 aromatic heterocycles. The van der Waals surface area contributed by atoms with E-state index in [9.17, 15) is 4.79 Å². The summed E-state index contributed by atoms with van der Waals surface area (Å²) in [6.45, 7) is 4.14. The second kappa shape index (κ2) is 7.50. The summed E-state index contributed by atoms with van der Waals surface area (Å²) < 4.78 is 0. The quantitative estimate of drug-likeness (QED) is 0.752. The highest BCUT2D eigenvalue weighted by molar-refractivity contribution is 6.04. The summed E-state index contributed by atoms with van der Waals surface area (Å²) in [6.07, 6.45) is 1.78. The number of rotatable bonds is 3. The van der Waals surface area contributed by atoms with Gasteiger partial charge in [0.25, 0.3) is 0 Å². The molecule has 1 aliphatic rings. The first-order chi connectivity index (χ1) is 13.2. The Morgan fingerprint density at radius 3 is 2.70 bits per heavy atom. The van der Waals surface area contributed by atoms with Crippen LogP contribution in [0.4, 0.5) is 22.0 Å². The summed E-state index contributed by atoms with van der Waals surface area (Å²) in [5.41, 5.74) is 3.98. The SMILES string of the molecule is Cc1cccc(NC(=O)N2CCN(Cc3ccccc3)c3ncccc32)c1. The van der Waals surface area contributed by atoms with Crippen molar-refractivity contribution in [2.75, 3.05) is 28.2 Å². The Hall–Kier alpha value is -3.34. The Morgan fingerprint density at radius 2 is 1.89 bits per heavy atom. The number of carbonyl (C=O) groups is 1. The Kier molecular flexibility index (Phi) is 4.75. The monoisotopic (exact) mass is 358 g/mol. The van der Waals surface area contributed by atoms with Crippen LogP contribution < -0.4 is 15.1 Å². The van der Waals surface area contributed by atoms with Gasteiger partial charge in [-0.2, -0.15) is 0 Å². The van der Waals surface area contributed by atoms with Crippen LogP contribution in [0.1, 0.15) is 11.1 Å². The molecule has 5 nitrogen and oxygen atoms in total. The Bertz CT molecular complexity index is 942. The van der Waals surface area contributed by atoms with E-state index >= 15 is 0 Å². The van der Waals surface area contributed by atoms with Crippen molar-refractivity contribution in [1.82, 2.24) is 4.98 Å². The average molecular weight is 358 g/mol. The van der Waals surface area contributed by atoms with Gasteiger partial charge in [0.15, 0.2) is 5.82 Å². The lowest BCUT2D eigenvalue weighted by molar-refractivity contribution is 0.256. The number of benzene rings is 2. The van der Waals surface area contributed by atoms with Gasteiger partial charge in [-0.05, 0) is 42.3 Å². The van der Waals surface area contributed by atoms with E-state index in [1.165, 1.54) is 5.56 Å². The number of nitrogens with zero attached hydrogens (tertiary/aromatic N) is 3. The lowest BCUT2D eigenvalue weighted by Crippen LogP contribution is -2.46. The molecule has 136 valence electrons. The lowest BCUT2D eigenvalue weighted by atomic mass is 10.2. The molecule has 2 amide bonds. The zero-order chi connectivity index (χ0) is 18.6. The molecule has 1 aliphatic heterocycles. The number of hydrogen-bond acceptors (Lipinski definition) is 3. The predicted octanol–water partition coefficient (Wildman–Crippen LogP) is 4.45. The molecule has 0 spiro atoms. The number of carbonyl (C=O) groups excluding carboxylic acids is 1. The van der Waals surface area contributed by atoms with Gasteiger partial charge in [0.1, 0.15) is 0 Å². The van der Waals surface area contributed by atoms with Crippen molar-refractivity contribution in [3.63, 3.8) is 0 Å². The predicted molar refractivity (Wildman–Crippen MR) is 109 cm³/mol. The van der Waals surface area contributed by atoms with Crippen molar-refractivity contribution in [3.05, 3.63) is 84.1 Å². The van der Waals surface area contributed by atoms with E-state index in [0.717, 1.165) is 35.8 Å². The van der Waals surface area contributed by atoms with E-state index in [2.05, 4.69) is 27.3 Å². The van der Waals surface area contributed by atoms with Gasteiger partial charge in [-0.1, -0.05) is 42.5 Å². The first kappa shape index (κ1) is 17.1. The number of aromatic nitrogens is 1. The summed E-state index contributed by atoms with van der Waals surface area (Å²) in [7, 11) is 0. The summed E-state index contributed by atoms with van der Waals surface area (Å²) in [5, 5.41) is 3.00.